The van der Waals surface area contributed by atoms with E-state index in [-0.39, 0.29) is 6.04 Å². The first-order valence-corrected chi connectivity index (χ1v) is 11.6. The largest absolute Gasteiger partial charge is 0.355 e. The van der Waals surface area contributed by atoms with Crippen LogP contribution in [0, 0.1) is 24.4 Å². The number of aromatic nitrogens is 3. The number of nitrogens with two attached hydrogens (primary N) is 1. The molecule has 1 amide bonds. The molecule has 2 fully saturated rings. The van der Waals surface area contributed by atoms with Crippen LogP contribution in [0.5, 0.6) is 0 Å². The first-order valence-electron chi connectivity index (χ1n) is 11.3. The average molecular weight is 493 g/mol. The van der Waals surface area contributed by atoms with E-state index >= 15 is 0 Å². The maximum atomic E-state index is 14.6. The van der Waals surface area contributed by atoms with E-state index in [9.17, 15) is 18.0 Å². The molecule has 0 aliphatic carbocycles. The Hall–Kier alpha value is -2.85. The van der Waals surface area contributed by atoms with E-state index in [1.165, 1.54) is 4.90 Å². The molecule has 2 N–H and O–H groups in total. The average Bonchev–Trinajstić information content (AvgIpc) is 3.44. The fourth-order valence-corrected chi connectivity index (χ4v) is 5.04. The van der Waals surface area contributed by atoms with Crippen molar-refractivity contribution in [2.24, 2.45) is 5.73 Å². The number of piperidine rings is 1. The van der Waals surface area contributed by atoms with Crippen molar-refractivity contribution in [2.75, 3.05) is 24.5 Å². The van der Waals surface area contributed by atoms with Gasteiger partial charge in [0.15, 0.2) is 23.1 Å². The van der Waals surface area contributed by atoms with Gasteiger partial charge in [-0.15, -0.1) is 0 Å². The van der Waals surface area contributed by atoms with E-state index in [2.05, 4.69) is 10.00 Å². The molecule has 2 atom stereocenters. The standard InChI is InChI=1S/C23H24ClF3N6O/c1-12-10-33-18(29-22(12)31-7-5-13(28)11-31)9-16(30-33)17-4-2-3-6-32(17)23(34)14-8-15(25)21(27)19(24)20(14)26/h8-10,13,17H,2-7,11,28H2,1H3. The SMILES string of the molecule is Cc1cn2nc(C3CCCCN3C(=O)c3cc(F)c(F)c(Cl)c3F)cc2nc1N1CCC(N)C1. The molecule has 1 aromatic carbocycles. The van der Waals surface area contributed by atoms with E-state index in [1.807, 2.05) is 19.2 Å². The van der Waals surface area contributed by atoms with Gasteiger partial charge in [0, 0.05) is 43.5 Å². The molecular weight excluding hydrogens is 469 g/mol. The molecule has 0 saturated carbocycles. The third kappa shape index (κ3) is 3.88. The molecule has 2 unspecified atom stereocenters. The second kappa shape index (κ2) is 8.74. The minimum atomic E-state index is -1.51. The minimum Gasteiger partial charge on any atom is -0.355 e. The summed E-state index contributed by atoms with van der Waals surface area (Å²) in [5, 5.41) is 3.61. The van der Waals surface area contributed by atoms with Crippen molar-refractivity contribution in [3.63, 3.8) is 0 Å². The van der Waals surface area contributed by atoms with Crippen molar-refractivity contribution in [3.8, 4) is 0 Å². The number of benzene rings is 1. The minimum absolute atomic E-state index is 0.116. The highest BCUT2D eigenvalue weighted by Gasteiger charge is 2.34. The Kier molecular flexibility index (Phi) is 5.89. The fourth-order valence-electron chi connectivity index (χ4n) is 4.85. The van der Waals surface area contributed by atoms with Gasteiger partial charge in [0.25, 0.3) is 5.91 Å². The third-order valence-corrected chi connectivity index (χ3v) is 6.92. The number of amides is 1. The predicted molar refractivity (Wildman–Crippen MR) is 121 cm³/mol. The van der Waals surface area contributed by atoms with Crippen molar-refractivity contribution >= 4 is 29.0 Å². The highest BCUT2D eigenvalue weighted by atomic mass is 35.5. The lowest BCUT2D eigenvalue weighted by molar-refractivity contribution is 0.0600. The van der Waals surface area contributed by atoms with Crippen LogP contribution < -0.4 is 10.6 Å². The molecule has 2 aliphatic rings. The van der Waals surface area contributed by atoms with Gasteiger partial charge in [-0.3, -0.25) is 4.79 Å². The zero-order chi connectivity index (χ0) is 24.1. The lowest BCUT2D eigenvalue weighted by Gasteiger charge is -2.35. The molecule has 2 aromatic heterocycles. The van der Waals surface area contributed by atoms with Crippen molar-refractivity contribution in [1.29, 1.82) is 0 Å². The molecule has 3 aromatic rings. The number of hydrogen-bond donors (Lipinski definition) is 1. The monoisotopic (exact) mass is 492 g/mol. The molecule has 180 valence electrons. The normalized spacial score (nSPS) is 21.0. The molecule has 0 spiro atoms. The van der Waals surface area contributed by atoms with Crippen LogP contribution in [-0.4, -0.2) is 51.1 Å². The second-order valence-electron chi connectivity index (χ2n) is 8.97. The number of anilines is 1. The Bertz CT molecular complexity index is 1280. The number of halogens is 4. The summed E-state index contributed by atoms with van der Waals surface area (Å²) in [5.41, 5.74) is 7.63. The van der Waals surface area contributed by atoms with E-state index < -0.39 is 40.0 Å². The van der Waals surface area contributed by atoms with Gasteiger partial charge < -0.3 is 15.5 Å². The summed E-state index contributed by atoms with van der Waals surface area (Å²) in [6, 6.07) is 2.03. The number of hydrogen-bond acceptors (Lipinski definition) is 5. The van der Waals surface area contributed by atoms with E-state index in [4.69, 9.17) is 22.3 Å². The van der Waals surface area contributed by atoms with Crippen LogP contribution in [-0.2, 0) is 0 Å². The molecule has 2 aliphatic heterocycles. The lowest BCUT2D eigenvalue weighted by Crippen LogP contribution is -2.39. The molecule has 34 heavy (non-hydrogen) atoms. The number of aryl methyl sites for hydroxylation is 1. The highest BCUT2D eigenvalue weighted by Crippen LogP contribution is 2.34. The summed E-state index contributed by atoms with van der Waals surface area (Å²) < 4.78 is 43.8. The Morgan fingerprint density at radius 3 is 2.68 bits per heavy atom. The summed E-state index contributed by atoms with van der Waals surface area (Å²) in [4.78, 5) is 21.6. The first kappa shape index (κ1) is 22.9. The van der Waals surface area contributed by atoms with Crippen LogP contribution in [0.3, 0.4) is 0 Å². The van der Waals surface area contributed by atoms with Crippen molar-refractivity contribution in [3.05, 3.63) is 57.6 Å². The zero-order valence-electron chi connectivity index (χ0n) is 18.6. The van der Waals surface area contributed by atoms with Gasteiger partial charge in [0.2, 0.25) is 0 Å². The summed E-state index contributed by atoms with van der Waals surface area (Å²) >= 11 is 5.57. The second-order valence-corrected chi connectivity index (χ2v) is 9.35. The maximum Gasteiger partial charge on any atom is 0.257 e. The van der Waals surface area contributed by atoms with Crippen LogP contribution in [0.15, 0.2) is 18.3 Å². The Labute approximate surface area is 199 Å². The van der Waals surface area contributed by atoms with Crippen LogP contribution in [0.4, 0.5) is 19.0 Å². The molecular formula is C23H24ClF3N6O. The number of likely N-dealkylation sites (tertiary alicyclic amines) is 1. The first-order chi connectivity index (χ1) is 16.2. The van der Waals surface area contributed by atoms with E-state index in [0.717, 1.165) is 37.3 Å². The molecule has 0 radical (unpaired) electrons. The van der Waals surface area contributed by atoms with Gasteiger partial charge in [-0.2, -0.15) is 5.10 Å². The predicted octanol–water partition coefficient (Wildman–Crippen LogP) is 4.01. The Morgan fingerprint density at radius 1 is 1.15 bits per heavy atom. The molecule has 2 saturated heterocycles. The summed E-state index contributed by atoms with van der Waals surface area (Å²) in [6.45, 7) is 3.85. The topological polar surface area (TPSA) is 79.8 Å². The summed E-state index contributed by atoms with van der Waals surface area (Å²) in [5.74, 6) is -4.05. The number of rotatable bonds is 3. The smallest absolute Gasteiger partial charge is 0.257 e. The lowest BCUT2D eigenvalue weighted by atomic mass is 9.98. The van der Waals surface area contributed by atoms with Crippen LogP contribution in [0.2, 0.25) is 5.02 Å². The van der Waals surface area contributed by atoms with Gasteiger partial charge in [0.05, 0.1) is 17.3 Å². The molecule has 5 rings (SSSR count). The highest BCUT2D eigenvalue weighted by molar-refractivity contribution is 6.31. The number of fused-ring (bicyclic) bond motifs is 1. The fraction of sp³-hybridized carbons (Fsp3) is 0.435. The zero-order valence-corrected chi connectivity index (χ0v) is 19.3. The van der Waals surface area contributed by atoms with Crippen molar-refractivity contribution in [2.45, 2.75) is 44.7 Å². The third-order valence-electron chi connectivity index (χ3n) is 6.59. The Morgan fingerprint density at radius 2 is 1.94 bits per heavy atom. The number of carbonyl (C=O) groups excluding carboxylic acids is 1. The van der Waals surface area contributed by atoms with Crippen LogP contribution in [0.25, 0.3) is 5.65 Å². The molecule has 4 heterocycles. The summed E-state index contributed by atoms with van der Waals surface area (Å²) in [7, 11) is 0. The van der Waals surface area contributed by atoms with Crippen LogP contribution in [0.1, 0.15) is 53.3 Å². The van der Waals surface area contributed by atoms with Crippen molar-refractivity contribution in [1.82, 2.24) is 19.5 Å². The van der Waals surface area contributed by atoms with Gasteiger partial charge in [-0.05, 0) is 38.7 Å². The molecule has 0 bridgehead atoms. The molecule has 11 heteroatoms. The number of nitrogens with zero attached hydrogens (tertiary/aromatic N) is 5. The molecule has 7 nitrogen and oxygen atoms in total. The van der Waals surface area contributed by atoms with E-state index in [1.54, 1.807) is 4.52 Å². The quantitative estimate of drug-likeness (QED) is 0.441. The Balaban J connectivity index is 1.49. The van der Waals surface area contributed by atoms with Gasteiger partial charge in [0.1, 0.15) is 10.8 Å². The van der Waals surface area contributed by atoms with Gasteiger partial charge in [-0.25, -0.2) is 22.7 Å². The van der Waals surface area contributed by atoms with E-state index in [0.29, 0.717) is 36.8 Å². The number of carbonyl (C=O) groups is 1. The van der Waals surface area contributed by atoms with Gasteiger partial charge in [-0.1, -0.05) is 11.6 Å². The van der Waals surface area contributed by atoms with Crippen molar-refractivity contribution < 1.29 is 18.0 Å². The maximum absolute atomic E-state index is 14.6. The van der Waals surface area contributed by atoms with Crippen LogP contribution >= 0.6 is 11.6 Å². The summed E-state index contributed by atoms with van der Waals surface area (Å²) in [6.07, 6.45) is 4.93. The van der Waals surface area contributed by atoms with Gasteiger partial charge >= 0.3 is 0 Å².